The molecule has 2 N–H and O–H groups in total. The Morgan fingerprint density at radius 1 is 1.37 bits per heavy atom. The summed E-state index contributed by atoms with van der Waals surface area (Å²) in [6, 6.07) is 7.87. The van der Waals surface area contributed by atoms with Crippen LogP contribution in [0.1, 0.15) is 16.8 Å². The second-order valence-electron chi connectivity index (χ2n) is 4.66. The molecule has 0 atom stereocenters. The minimum atomic E-state index is 0.488. The second-order valence-corrected chi connectivity index (χ2v) is 5.07. The Bertz CT molecular complexity index is 577. The van der Waals surface area contributed by atoms with Gasteiger partial charge in [-0.05, 0) is 18.6 Å². The van der Waals surface area contributed by atoms with Gasteiger partial charge in [0, 0.05) is 37.8 Å². The molecule has 1 heterocycles. The number of benzene rings is 1. The largest absolute Gasteiger partial charge is 0.355 e. The predicted octanol–water partition coefficient (Wildman–Crippen LogP) is 2.48. The van der Waals surface area contributed by atoms with Crippen LogP contribution in [0, 0.1) is 6.92 Å². The van der Waals surface area contributed by atoms with Gasteiger partial charge in [-0.25, -0.2) is 0 Å². The number of nitrogens with two attached hydrogens (primary N) is 1. The van der Waals surface area contributed by atoms with Crippen molar-refractivity contribution in [2.45, 2.75) is 20.0 Å². The highest BCUT2D eigenvalue weighted by atomic mass is 35.5. The summed E-state index contributed by atoms with van der Waals surface area (Å²) in [5.74, 6) is 1.04. The van der Waals surface area contributed by atoms with Gasteiger partial charge in [-0.3, -0.25) is 4.68 Å². The summed E-state index contributed by atoms with van der Waals surface area (Å²) in [7, 11) is 3.96. The van der Waals surface area contributed by atoms with Crippen molar-refractivity contribution in [1.29, 1.82) is 0 Å². The van der Waals surface area contributed by atoms with E-state index < -0.39 is 0 Å². The summed E-state index contributed by atoms with van der Waals surface area (Å²) in [6.45, 7) is 3.20. The van der Waals surface area contributed by atoms with Gasteiger partial charge in [0.15, 0.2) is 0 Å². The summed E-state index contributed by atoms with van der Waals surface area (Å²) in [4.78, 5) is 2.13. The highest BCUT2D eigenvalue weighted by molar-refractivity contribution is 6.31. The van der Waals surface area contributed by atoms with E-state index in [1.54, 1.807) is 0 Å². The summed E-state index contributed by atoms with van der Waals surface area (Å²) in [5, 5.41) is 5.21. The SMILES string of the molecule is Cc1nn(C)c(N(C)Cc2ccccc2Cl)c1CN. The Morgan fingerprint density at radius 3 is 2.68 bits per heavy atom. The van der Waals surface area contributed by atoms with E-state index in [1.807, 2.05) is 50.0 Å². The minimum absolute atomic E-state index is 0.488. The van der Waals surface area contributed by atoms with Crippen molar-refractivity contribution in [2.75, 3.05) is 11.9 Å². The van der Waals surface area contributed by atoms with Crippen molar-refractivity contribution in [3.63, 3.8) is 0 Å². The van der Waals surface area contributed by atoms with E-state index in [9.17, 15) is 0 Å². The van der Waals surface area contributed by atoms with E-state index in [0.717, 1.165) is 34.2 Å². The number of aromatic nitrogens is 2. The molecule has 0 aliphatic rings. The molecule has 0 aliphatic heterocycles. The molecule has 5 heteroatoms. The van der Waals surface area contributed by atoms with E-state index in [-0.39, 0.29) is 0 Å². The first-order valence-corrected chi connectivity index (χ1v) is 6.59. The van der Waals surface area contributed by atoms with E-state index in [4.69, 9.17) is 17.3 Å². The van der Waals surface area contributed by atoms with Gasteiger partial charge in [0.1, 0.15) is 5.82 Å². The number of nitrogens with zero attached hydrogens (tertiary/aromatic N) is 3. The monoisotopic (exact) mass is 278 g/mol. The zero-order valence-electron chi connectivity index (χ0n) is 11.5. The standard InChI is InChI=1S/C14H19ClN4/c1-10-12(8-16)14(19(3)17-10)18(2)9-11-6-4-5-7-13(11)15/h4-7H,8-9,16H2,1-3H3. The molecule has 1 aromatic heterocycles. The first-order chi connectivity index (χ1) is 9.04. The van der Waals surface area contributed by atoms with Crippen molar-refractivity contribution >= 4 is 17.4 Å². The molecule has 0 aliphatic carbocycles. The van der Waals surface area contributed by atoms with Crippen LogP contribution in [0.25, 0.3) is 0 Å². The van der Waals surface area contributed by atoms with Gasteiger partial charge in [-0.2, -0.15) is 5.10 Å². The molecule has 0 saturated heterocycles. The highest BCUT2D eigenvalue weighted by Crippen LogP contribution is 2.25. The van der Waals surface area contributed by atoms with E-state index in [1.165, 1.54) is 0 Å². The lowest BCUT2D eigenvalue weighted by atomic mass is 10.2. The molecule has 1 aromatic carbocycles. The molecular formula is C14H19ClN4. The van der Waals surface area contributed by atoms with Gasteiger partial charge in [-0.1, -0.05) is 29.8 Å². The zero-order valence-corrected chi connectivity index (χ0v) is 12.3. The van der Waals surface area contributed by atoms with Crippen LogP contribution in [0.5, 0.6) is 0 Å². The van der Waals surface area contributed by atoms with Crippen LogP contribution < -0.4 is 10.6 Å². The third-order valence-electron chi connectivity index (χ3n) is 3.24. The topological polar surface area (TPSA) is 47.1 Å². The van der Waals surface area contributed by atoms with Crippen LogP contribution in [-0.2, 0) is 20.1 Å². The summed E-state index contributed by atoms with van der Waals surface area (Å²) < 4.78 is 1.87. The fraction of sp³-hybridized carbons (Fsp3) is 0.357. The molecular weight excluding hydrogens is 260 g/mol. The van der Waals surface area contributed by atoms with Crippen molar-refractivity contribution in [3.8, 4) is 0 Å². The van der Waals surface area contributed by atoms with Crippen molar-refractivity contribution in [1.82, 2.24) is 9.78 Å². The van der Waals surface area contributed by atoms with Crippen LogP contribution in [0.2, 0.25) is 5.02 Å². The molecule has 0 amide bonds. The van der Waals surface area contributed by atoms with Crippen LogP contribution >= 0.6 is 11.6 Å². The minimum Gasteiger partial charge on any atom is -0.355 e. The fourth-order valence-corrected chi connectivity index (χ4v) is 2.56. The molecule has 0 unspecified atom stereocenters. The Balaban J connectivity index is 2.30. The lowest BCUT2D eigenvalue weighted by Gasteiger charge is -2.21. The average molecular weight is 279 g/mol. The second kappa shape index (κ2) is 5.63. The summed E-state index contributed by atoms with van der Waals surface area (Å²) in [6.07, 6.45) is 0. The number of halogens is 1. The van der Waals surface area contributed by atoms with Gasteiger partial charge in [0.2, 0.25) is 0 Å². The Labute approximate surface area is 118 Å². The maximum atomic E-state index is 6.20. The van der Waals surface area contributed by atoms with Gasteiger partial charge < -0.3 is 10.6 Å². The van der Waals surface area contributed by atoms with Crippen LogP contribution in [0.4, 0.5) is 5.82 Å². The van der Waals surface area contributed by atoms with E-state index in [0.29, 0.717) is 6.54 Å². The first-order valence-electron chi connectivity index (χ1n) is 6.21. The summed E-state index contributed by atoms with van der Waals surface area (Å²) in [5.41, 5.74) is 8.97. The van der Waals surface area contributed by atoms with Crippen LogP contribution in [-0.4, -0.2) is 16.8 Å². The van der Waals surface area contributed by atoms with Crippen molar-refractivity contribution in [3.05, 3.63) is 46.1 Å². The molecule has 0 radical (unpaired) electrons. The third-order valence-corrected chi connectivity index (χ3v) is 3.61. The van der Waals surface area contributed by atoms with Crippen molar-refractivity contribution in [2.24, 2.45) is 12.8 Å². The molecule has 0 spiro atoms. The van der Waals surface area contributed by atoms with Gasteiger partial charge in [-0.15, -0.1) is 0 Å². The van der Waals surface area contributed by atoms with Crippen LogP contribution in [0.15, 0.2) is 24.3 Å². The summed E-state index contributed by atoms with van der Waals surface area (Å²) >= 11 is 6.20. The number of hydrogen-bond acceptors (Lipinski definition) is 3. The molecule has 0 bridgehead atoms. The smallest absolute Gasteiger partial charge is 0.131 e. The Kier molecular flexibility index (Phi) is 4.12. The molecule has 0 saturated carbocycles. The quantitative estimate of drug-likeness (QED) is 0.935. The number of aryl methyl sites for hydroxylation is 2. The molecule has 0 fully saturated rings. The number of hydrogen-bond donors (Lipinski definition) is 1. The van der Waals surface area contributed by atoms with Crippen molar-refractivity contribution < 1.29 is 0 Å². The normalized spacial score (nSPS) is 10.8. The maximum Gasteiger partial charge on any atom is 0.131 e. The molecule has 2 rings (SSSR count). The van der Waals surface area contributed by atoms with Gasteiger partial charge >= 0.3 is 0 Å². The highest BCUT2D eigenvalue weighted by Gasteiger charge is 2.16. The van der Waals surface area contributed by atoms with Crippen LogP contribution in [0.3, 0.4) is 0 Å². The average Bonchev–Trinajstić information content (AvgIpc) is 2.66. The maximum absolute atomic E-state index is 6.20. The lowest BCUT2D eigenvalue weighted by Crippen LogP contribution is -2.21. The van der Waals surface area contributed by atoms with E-state index in [2.05, 4.69) is 10.00 Å². The molecule has 4 nitrogen and oxygen atoms in total. The van der Waals surface area contributed by atoms with Gasteiger partial charge in [0.05, 0.1) is 5.69 Å². The first kappa shape index (κ1) is 13.9. The Morgan fingerprint density at radius 2 is 2.05 bits per heavy atom. The van der Waals surface area contributed by atoms with Gasteiger partial charge in [0.25, 0.3) is 0 Å². The zero-order chi connectivity index (χ0) is 14.0. The third kappa shape index (κ3) is 2.74. The fourth-order valence-electron chi connectivity index (χ4n) is 2.36. The predicted molar refractivity (Wildman–Crippen MR) is 79.4 cm³/mol. The Hall–Kier alpha value is -1.52. The lowest BCUT2D eigenvalue weighted by molar-refractivity contribution is 0.725. The van der Waals surface area contributed by atoms with E-state index >= 15 is 0 Å². The molecule has 2 aromatic rings. The number of anilines is 1. The molecule has 19 heavy (non-hydrogen) atoms. The number of rotatable bonds is 4. The molecule has 102 valence electrons.